The van der Waals surface area contributed by atoms with Gasteiger partial charge in [-0.25, -0.2) is 9.59 Å². The molecule has 0 aromatic heterocycles. The fourth-order valence-electron chi connectivity index (χ4n) is 12.0. The maximum Gasteiger partial charge on any atom is 0.412 e. The number of benzene rings is 3. The van der Waals surface area contributed by atoms with Crippen molar-refractivity contribution in [3.8, 4) is 23.0 Å². The Kier molecular flexibility index (Phi) is 21.1. The van der Waals surface area contributed by atoms with E-state index < -0.39 is 151 Å². The first-order valence-corrected chi connectivity index (χ1v) is 29.5. The van der Waals surface area contributed by atoms with Gasteiger partial charge in [0.15, 0.2) is 24.0 Å². The van der Waals surface area contributed by atoms with Crippen molar-refractivity contribution in [2.45, 2.75) is 164 Å². The molecule has 4 aliphatic heterocycles. The van der Waals surface area contributed by atoms with E-state index in [0.29, 0.717) is 31.2 Å². The lowest BCUT2D eigenvalue weighted by Gasteiger charge is -2.43. The van der Waals surface area contributed by atoms with Gasteiger partial charge >= 0.3 is 12.1 Å². The van der Waals surface area contributed by atoms with Crippen molar-refractivity contribution in [1.82, 2.24) is 15.1 Å². The predicted octanol–water partition coefficient (Wildman–Crippen LogP) is 0.842. The van der Waals surface area contributed by atoms with Crippen LogP contribution >= 0.6 is 0 Å². The maximum atomic E-state index is 14.1. The number of amides is 4. The average molecular weight is 1260 g/mol. The molecular weight excluding hydrogens is 1190 g/mol. The summed E-state index contributed by atoms with van der Waals surface area (Å²) in [6.07, 6.45) is -12.5. The third-order valence-electron chi connectivity index (χ3n) is 16.9. The van der Waals surface area contributed by atoms with Crippen molar-refractivity contribution in [2.24, 2.45) is 0 Å². The number of ether oxygens (including phenoxy) is 7. The molecule has 6 aliphatic rings. The number of fused-ring (bicyclic) bond motifs is 3. The van der Waals surface area contributed by atoms with Crippen LogP contribution in [-0.4, -0.2) is 216 Å². The molecule has 4 heterocycles. The van der Waals surface area contributed by atoms with Crippen molar-refractivity contribution in [1.29, 1.82) is 0 Å². The molecule has 3 saturated heterocycles. The number of aliphatic carboxylic acids is 1. The van der Waals surface area contributed by atoms with Crippen LogP contribution in [0.2, 0.25) is 0 Å². The topological polar surface area (TPSA) is 431 Å². The van der Waals surface area contributed by atoms with E-state index in [2.05, 4.69) is 10.6 Å². The Labute approximate surface area is 514 Å². The Balaban J connectivity index is 0.800. The van der Waals surface area contributed by atoms with Crippen LogP contribution in [0.25, 0.3) is 0 Å². The molecule has 2 aliphatic carbocycles. The van der Waals surface area contributed by atoms with E-state index in [9.17, 15) is 89.1 Å². The first-order valence-electron chi connectivity index (χ1n) is 29.5. The van der Waals surface area contributed by atoms with Crippen molar-refractivity contribution >= 4 is 58.6 Å². The van der Waals surface area contributed by atoms with Gasteiger partial charge < -0.3 is 89.8 Å². The highest BCUT2D eigenvalue weighted by Crippen LogP contribution is 2.53. The lowest BCUT2D eigenvalue weighted by Crippen LogP contribution is -2.61. The Morgan fingerprint density at radius 2 is 1.54 bits per heavy atom. The molecule has 3 aromatic rings. The van der Waals surface area contributed by atoms with E-state index in [-0.39, 0.29) is 128 Å². The second-order valence-electron chi connectivity index (χ2n) is 22.9. The summed E-state index contributed by atoms with van der Waals surface area (Å²) in [4.78, 5) is 119. The molecule has 7 unspecified atom stereocenters. The summed E-state index contributed by atoms with van der Waals surface area (Å²) in [6.45, 7) is 0.882. The molecule has 29 heteroatoms. The maximum absolute atomic E-state index is 14.1. The minimum Gasteiger partial charge on any atom is -0.507 e. The third kappa shape index (κ3) is 14.2. The highest BCUT2D eigenvalue weighted by molar-refractivity contribution is 6.31. The first kappa shape index (κ1) is 66.6. The van der Waals surface area contributed by atoms with Crippen LogP contribution in [0.1, 0.15) is 132 Å². The quantitative estimate of drug-likeness (QED) is 0.0236. The van der Waals surface area contributed by atoms with Gasteiger partial charge in [0.1, 0.15) is 72.1 Å². The molecule has 0 saturated carbocycles. The lowest BCUT2D eigenvalue weighted by atomic mass is 9.72. The monoisotopic (exact) mass is 1260 g/mol. The summed E-state index contributed by atoms with van der Waals surface area (Å²) >= 11 is 0. The van der Waals surface area contributed by atoms with E-state index in [4.69, 9.17) is 33.2 Å². The zero-order chi connectivity index (χ0) is 64.9. The number of carboxylic acid groups (broad SMARTS) is 1. The molecule has 90 heavy (non-hydrogen) atoms. The summed E-state index contributed by atoms with van der Waals surface area (Å²) in [6, 6.07) is 7.66. The zero-order valence-corrected chi connectivity index (χ0v) is 49.1. The average Bonchev–Trinajstić information content (AvgIpc) is 0.799. The normalized spacial score (nSPS) is 27.0. The number of rotatable bonds is 26. The van der Waals surface area contributed by atoms with E-state index >= 15 is 0 Å². The molecule has 11 N–H and O–H groups in total. The molecule has 29 nitrogen and oxygen atoms in total. The number of phenolic OH excluding ortho intramolecular Hbond substituents is 2. The van der Waals surface area contributed by atoms with Crippen molar-refractivity contribution < 1.29 is 122 Å². The van der Waals surface area contributed by atoms with Gasteiger partial charge in [0, 0.05) is 80.0 Å². The number of ketones is 4. The Hall–Kier alpha value is -7.81. The zero-order valence-electron chi connectivity index (χ0n) is 49.1. The van der Waals surface area contributed by atoms with Crippen molar-refractivity contribution in [3.63, 3.8) is 0 Å². The molecule has 9 rings (SSSR count). The Bertz CT molecular complexity index is 3300. The van der Waals surface area contributed by atoms with Crippen LogP contribution < -0.4 is 20.1 Å². The van der Waals surface area contributed by atoms with Crippen LogP contribution in [0.5, 0.6) is 23.0 Å². The number of methoxy groups -OCH3 is 1. The number of carbonyl (C=O) groups excluding carboxylic acids is 8. The third-order valence-corrected chi connectivity index (χ3v) is 16.9. The minimum atomic E-state index is -2.39. The van der Waals surface area contributed by atoms with Gasteiger partial charge in [-0.1, -0.05) is 24.6 Å². The van der Waals surface area contributed by atoms with E-state index in [1.807, 2.05) is 0 Å². The van der Waals surface area contributed by atoms with Gasteiger partial charge in [0.05, 0.1) is 61.0 Å². The van der Waals surface area contributed by atoms with Gasteiger partial charge in [0.25, 0.3) is 11.8 Å². The number of aromatic hydroxyl groups is 2. The van der Waals surface area contributed by atoms with Gasteiger partial charge in [-0.05, 0) is 69.3 Å². The molecule has 486 valence electrons. The van der Waals surface area contributed by atoms with Crippen molar-refractivity contribution in [3.05, 3.63) is 87.5 Å². The van der Waals surface area contributed by atoms with Crippen LogP contribution in [-0.2, 0) is 65.5 Å². The van der Waals surface area contributed by atoms with Gasteiger partial charge in [-0.2, -0.15) is 0 Å². The number of nitrogens with one attached hydrogen (secondary N) is 2. The largest absolute Gasteiger partial charge is 0.507 e. The van der Waals surface area contributed by atoms with Crippen molar-refractivity contribution in [2.75, 3.05) is 45.3 Å². The molecular formula is C61H72N4O25. The molecule has 0 bridgehead atoms. The van der Waals surface area contributed by atoms with Gasteiger partial charge in [-0.15, -0.1) is 0 Å². The highest BCUT2D eigenvalue weighted by atomic mass is 16.7. The van der Waals surface area contributed by atoms with Crippen LogP contribution in [0, 0.1) is 0 Å². The Morgan fingerprint density at radius 3 is 2.27 bits per heavy atom. The molecule has 4 amide bonds. The second kappa shape index (κ2) is 28.6. The molecule has 0 radical (unpaired) electrons. The lowest BCUT2D eigenvalue weighted by molar-refractivity contribution is -0.271. The molecule has 3 aromatic carbocycles. The second-order valence-corrected chi connectivity index (χ2v) is 22.9. The number of imide groups is 1. The number of hydrogen-bond acceptors (Lipinski definition) is 25. The number of anilines is 1. The molecule has 12 atom stereocenters. The van der Waals surface area contributed by atoms with Gasteiger partial charge in [0.2, 0.25) is 18.0 Å². The van der Waals surface area contributed by atoms with E-state index in [0.717, 1.165) is 4.90 Å². The number of carboxylic acids is 1. The Morgan fingerprint density at radius 1 is 0.811 bits per heavy atom. The number of aliphatic hydroxyl groups is 6. The number of Topliss-reactive ketones (excluding diaryl/α,β-unsaturated/α-hetero) is 2. The van der Waals surface area contributed by atoms with Crippen LogP contribution in [0.4, 0.5) is 10.5 Å². The molecule has 0 spiro atoms. The summed E-state index contributed by atoms with van der Waals surface area (Å²) in [5.74, 6) is -7.53. The van der Waals surface area contributed by atoms with Crippen LogP contribution in [0.15, 0.2) is 48.6 Å². The fourth-order valence-corrected chi connectivity index (χ4v) is 12.0. The minimum absolute atomic E-state index is 0.0327. The smallest absolute Gasteiger partial charge is 0.412 e. The van der Waals surface area contributed by atoms with Crippen LogP contribution in [0.3, 0.4) is 0 Å². The highest BCUT2D eigenvalue weighted by Gasteiger charge is 2.51. The standard InChI is InChI=1S/C61H72N4O25/c1-29-49(72)35(24-44(87-29)88-38-26-61(83,39(68)27-66)25-33-46(38)53(76)48-47(51(33)74)50(73)32-11-7-12-37(84-2)45(32)52(48)75)62-19-8-14-43-65(21-22-85-43)60(82)86-28-30-15-16-36(89-59-56(79)54(77)55(78)57(90-59)58(80)81)34(23-30)63-40(69)13-6-10-31(67)9-4-3-5-20-64-41(70)17-18-42(64)71/h7,11-12,15-18,23,29,35,38,43-44,49,54-57,59,62,66,72,74,76-79,83H,3-6,8-10,13-14,19-22,24-28H2,1-2H3,(H,63,69)(H,80,81)/t29?,35?,38?,43?,44?,49?,54-,55-,56+,57-,59?,61-/m0/s1. The van der Waals surface area contributed by atoms with E-state index in [1.54, 1.807) is 6.92 Å². The summed E-state index contributed by atoms with van der Waals surface area (Å²) in [5, 5.41) is 103. The summed E-state index contributed by atoms with van der Waals surface area (Å²) in [5.41, 5.74) is -3.99. The number of unbranched alkanes of at least 4 members (excludes halogenated alkanes) is 2. The van der Waals surface area contributed by atoms with Gasteiger partial charge in [-0.3, -0.25) is 43.4 Å². The molecule has 3 fully saturated rings. The first-order chi connectivity index (χ1) is 42.9. The predicted molar refractivity (Wildman–Crippen MR) is 305 cm³/mol. The van der Waals surface area contributed by atoms with E-state index in [1.165, 1.54) is 60.6 Å². The number of aliphatic hydroxyl groups excluding tert-OH is 5. The SMILES string of the molecule is COc1cccc2c1C(=O)c1c(O)c3c(c(O)c1C2=O)C[C@@](O)(C(=O)CO)CC3OC1CC(NCCCC2OCCN2C(=O)OCc2ccc(OC3O[C@H](C(=O)O)[C@@H](O)[C@H](O)[C@H]3O)c(NC(=O)CCCC(=O)CCCCCN3C(=O)C=CC3=O)c2)C(O)C(C)O1. The number of hydrogen-bond donors (Lipinski definition) is 11. The number of carbonyl (C=O) groups is 9. The summed E-state index contributed by atoms with van der Waals surface area (Å²) in [7, 11) is 1.29. The summed E-state index contributed by atoms with van der Waals surface area (Å²) < 4.78 is 40.4. The fraction of sp³-hybridized carbons (Fsp3) is 0.525. The number of nitrogens with zero attached hydrogens (tertiary/aromatic N) is 2. The number of phenols is 2.